The third-order valence-electron chi connectivity index (χ3n) is 4.06. The molecule has 0 saturated carbocycles. The summed E-state index contributed by atoms with van der Waals surface area (Å²) in [5.74, 6) is -0.247. The van der Waals surface area contributed by atoms with Crippen molar-refractivity contribution in [2.45, 2.75) is 26.9 Å². The maximum atomic E-state index is 13.9. The van der Waals surface area contributed by atoms with Crippen LogP contribution in [0.3, 0.4) is 0 Å². The van der Waals surface area contributed by atoms with Gasteiger partial charge in [-0.2, -0.15) is 0 Å². The third kappa shape index (κ3) is 3.00. The molecular weight excluding hydrogens is 291 g/mol. The molecule has 5 heteroatoms. The van der Waals surface area contributed by atoms with E-state index in [1.54, 1.807) is 16.8 Å². The summed E-state index contributed by atoms with van der Waals surface area (Å²) in [4.78, 5) is 0. The Morgan fingerprint density at radius 2 is 1.87 bits per heavy atom. The Morgan fingerprint density at radius 1 is 1.09 bits per heavy atom. The SMILES string of the molecule is Cc1ccc(-c2c(CN)nnn2Cc2ccccc2F)cc1C. The molecule has 2 aromatic carbocycles. The highest BCUT2D eigenvalue weighted by atomic mass is 19.1. The number of hydrogen-bond acceptors (Lipinski definition) is 3. The van der Waals surface area contributed by atoms with Crippen molar-refractivity contribution in [2.75, 3.05) is 0 Å². The van der Waals surface area contributed by atoms with Crippen LogP contribution in [-0.2, 0) is 13.1 Å². The fourth-order valence-corrected chi connectivity index (χ4v) is 2.59. The number of nitrogens with zero attached hydrogens (tertiary/aromatic N) is 3. The average Bonchev–Trinajstić information content (AvgIpc) is 2.95. The molecule has 0 spiro atoms. The van der Waals surface area contributed by atoms with Gasteiger partial charge in [-0.25, -0.2) is 9.07 Å². The van der Waals surface area contributed by atoms with Crippen LogP contribution < -0.4 is 5.73 Å². The van der Waals surface area contributed by atoms with Crippen molar-refractivity contribution in [3.8, 4) is 11.3 Å². The second-order valence-corrected chi connectivity index (χ2v) is 5.64. The Hall–Kier alpha value is -2.53. The Morgan fingerprint density at radius 3 is 2.57 bits per heavy atom. The van der Waals surface area contributed by atoms with Crippen molar-refractivity contribution >= 4 is 0 Å². The Kier molecular flexibility index (Phi) is 4.21. The zero-order valence-electron chi connectivity index (χ0n) is 13.3. The van der Waals surface area contributed by atoms with Gasteiger partial charge in [-0.05, 0) is 37.1 Å². The van der Waals surface area contributed by atoms with Crippen molar-refractivity contribution < 1.29 is 4.39 Å². The largest absolute Gasteiger partial charge is 0.325 e. The zero-order valence-corrected chi connectivity index (χ0v) is 13.3. The van der Waals surface area contributed by atoms with Crippen LogP contribution >= 0.6 is 0 Å². The summed E-state index contributed by atoms with van der Waals surface area (Å²) in [6.07, 6.45) is 0. The minimum Gasteiger partial charge on any atom is -0.325 e. The molecule has 2 N–H and O–H groups in total. The van der Waals surface area contributed by atoms with E-state index in [9.17, 15) is 4.39 Å². The molecule has 0 aliphatic carbocycles. The molecule has 0 amide bonds. The van der Waals surface area contributed by atoms with Crippen LogP contribution in [0.1, 0.15) is 22.4 Å². The topological polar surface area (TPSA) is 56.7 Å². The van der Waals surface area contributed by atoms with E-state index < -0.39 is 0 Å². The molecule has 0 aliphatic heterocycles. The third-order valence-corrected chi connectivity index (χ3v) is 4.06. The molecule has 3 aromatic rings. The minimum atomic E-state index is -0.247. The van der Waals surface area contributed by atoms with Gasteiger partial charge in [0, 0.05) is 17.7 Å². The van der Waals surface area contributed by atoms with Gasteiger partial charge in [-0.3, -0.25) is 0 Å². The maximum absolute atomic E-state index is 13.9. The molecule has 4 nitrogen and oxygen atoms in total. The van der Waals surface area contributed by atoms with E-state index in [4.69, 9.17) is 5.73 Å². The molecule has 0 radical (unpaired) electrons. The van der Waals surface area contributed by atoms with Gasteiger partial charge in [0.1, 0.15) is 11.5 Å². The normalized spacial score (nSPS) is 11.0. The van der Waals surface area contributed by atoms with E-state index in [2.05, 4.69) is 36.3 Å². The number of halogens is 1. The summed E-state index contributed by atoms with van der Waals surface area (Å²) >= 11 is 0. The predicted octanol–water partition coefficient (Wildman–Crippen LogP) is 3.21. The molecule has 0 unspecified atom stereocenters. The van der Waals surface area contributed by atoms with Crippen LogP contribution in [0.2, 0.25) is 0 Å². The summed E-state index contributed by atoms with van der Waals surface area (Å²) in [5, 5.41) is 8.33. The van der Waals surface area contributed by atoms with Crippen LogP contribution in [0.25, 0.3) is 11.3 Å². The van der Waals surface area contributed by atoms with Gasteiger partial charge in [0.2, 0.25) is 0 Å². The first kappa shape index (κ1) is 15.4. The molecule has 0 aliphatic rings. The van der Waals surface area contributed by atoms with Crippen molar-refractivity contribution in [1.29, 1.82) is 0 Å². The summed E-state index contributed by atoms with van der Waals surface area (Å²) in [7, 11) is 0. The van der Waals surface area contributed by atoms with Crippen molar-refractivity contribution in [1.82, 2.24) is 15.0 Å². The van der Waals surface area contributed by atoms with Crippen LogP contribution in [0, 0.1) is 19.7 Å². The highest BCUT2D eigenvalue weighted by Gasteiger charge is 2.15. The number of rotatable bonds is 4. The smallest absolute Gasteiger partial charge is 0.128 e. The monoisotopic (exact) mass is 310 g/mol. The van der Waals surface area contributed by atoms with Gasteiger partial charge in [-0.1, -0.05) is 35.5 Å². The van der Waals surface area contributed by atoms with E-state index in [1.807, 2.05) is 12.1 Å². The van der Waals surface area contributed by atoms with Crippen LogP contribution in [-0.4, -0.2) is 15.0 Å². The van der Waals surface area contributed by atoms with Gasteiger partial charge in [0.15, 0.2) is 0 Å². The highest BCUT2D eigenvalue weighted by molar-refractivity contribution is 5.63. The van der Waals surface area contributed by atoms with Crippen molar-refractivity contribution in [3.63, 3.8) is 0 Å². The highest BCUT2D eigenvalue weighted by Crippen LogP contribution is 2.25. The summed E-state index contributed by atoms with van der Waals surface area (Å²) in [6, 6.07) is 12.9. The molecule has 0 bridgehead atoms. The lowest BCUT2D eigenvalue weighted by Gasteiger charge is -2.10. The maximum Gasteiger partial charge on any atom is 0.128 e. The van der Waals surface area contributed by atoms with Crippen LogP contribution in [0.4, 0.5) is 4.39 Å². The minimum absolute atomic E-state index is 0.247. The molecule has 3 rings (SSSR count). The summed E-state index contributed by atoms with van der Waals surface area (Å²) < 4.78 is 15.6. The molecule has 1 aromatic heterocycles. The Labute approximate surface area is 134 Å². The van der Waals surface area contributed by atoms with Gasteiger partial charge in [0.25, 0.3) is 0 Å². The molecule has 118 valence electrons. The Balaban J connectivity index is 2.07. The first-order valence-corrected chi connectivity index (χ1v) is 7.53. The van der Waals surface area contributed by atoms with Crippen molar-refractivity contribution in [2.24, 2.45) is 5.73 Å². The lowest BCUT2D eigenvalue weighted by atomic mass is 10.0. The number of hydrogen-bond donors (Lipinski definition) is 1. The van der Waals surface area contributed by atoms with E-state index in [1.165, 1.54) is 17.2 Å². The van der Waals surface area contributed by atoms with Gasteiger partial charge >= 0.3 is 0 Å². The van der Waals surface area contributed by atoms with E-state index in [0.29, 0.717) is 24.3 Å². The summed E-state index contributed by atoms with van der Waals surface area (Å²) in [6.45, 7) is 4.74. The van der Waals surface area contributed by atoms with E-state index >= 15 is 0 Å². The van der Waals surface area contributed by atoms with Gasteiger partial charge < -0.3 is 5.73 Å². The lowest BCUT2D eigenvalue weighted by Crippen LogP contribution is -2.07. The molecule has 0 atom stereocenters. The van der Waals surface area contributed by atoms with E-state index in [-0.39, 0.29) is 5.82 Å². The van der Waals surface area contributed by atoms with E-state index in [0.717, 1.165) is 11.3 Å². The first-order chi connectivity index (χ1) is 11.1. The fourth-order valence-electron chi connectivity index (χ4n) is 2.59. The number of aryl methyl sites for hydroxylation is 2. The number of benzene rings is 2. The number of aromatic nitrogens is 3. The van der Waals surface area contributed by atoms with Crippen LogP contribution in [0.5, 0.6) is 0 Å². The van der Waals surface area contributed by atoms with Crippen molar-refractivity contribution in [3.05, 3.63) is 70.7 Å². The van der Waals surface area contributed by atoms with Crippen LogP contribution in [0.15, 0.2) is 42.5 Å². The molecule has 0 fully saturated rings. The van der Waals surface area contributed by atoms with Gasteiger partial charge in [0.05, 0.1) is 12.2 Å². The second kappa shape index (κ2) is 6.30. The molecule has 0 saturated heterocycles. The lowest BCUT2D eigenvalue weighted by molar-refractivity contribution is 0.579. The standard InChI is InChI=1S/C18H19FN4/c1-12-7-8-14(9-13(12)2)18-17(10-20)21-22-23(18)11-15-5-3-4-6-16(15)19/h3-9H,10-11,20H2,1-2H3. The molecular formula is C18H19FN4. The number of nitrogens with two attached hydrogens (primary N) is 1. The summed E-state index contributed by atoms with van der Waals surface area (Å²) in [5.41, 5.74) is 11.3. The average molecular weight is 310 g/mol. The second-order valence-electron chi connectivity index (χ2n) is 5.64. The molecule has 23 heavy (non-hydrogen) atoms. The molecule has 1 heterocycles. The van der Waals surface area contributed by atoms with Gasteiger partial charge in [-0.15, -0.1) is 5.10 Å². The fraction of sp³-hybridized carbons (Fsp3) is 0.222. The Bertz CT molecular complexity index is 839. The first-order valence-electron chi connectivity index (χ1n) is 7.53. The predicted molar refractivity (Wildman–Crippen MR) is 88.3 cm³/mol. The zero-order chi connectivity index (χ0) is 16.4. The quantitative estimate of drug-likeness (QED) is 0.805.